The van der Waals surface area contributed by atoms with Gasteiger partial charge in [0.25, 0.3) is 11.5 Å². The largest absolute Gasteiger partial charge is 0.360 e. The molecule has 1 aromatic carbocycles. The number of ether oxygens (including phenoxy) is 1. The molecule has 9 nitrogen and oxygen atoms in total. The zero-order valence-corrected chi connectivity index (χ0v) is 20.1. The second-order valence-electron chi connectivity index (χ2n) is 8.63. The van der Waals surface area contributed by atoms with Gasteiger partial charge in [0.15, 0.2) is 9.84 Å². The molecule has 34 heavy (non-hydrogen) atoms. The molecule has 1 N–H and O–H groups in total. The van der Waals surface area contributed by atoms with Crippen molar-refractivity contribution >= 4 is 27.3 Å². The SMILES string of the molecule is N#CCS(=O)(=O)C1(CN2CCn3c(ccc(C(=O)NCc4ccc(Cl)cc4)c3=O)COC2)CC1. The van der Waals surface area contributed by atoms with Crippen LogP contribution in [-0.2, 0) is 34.3 Å². The van der Waals surface area contributed by atoms with Gasteiger partial charge >= 0.3 is 0 Å². The van der Waals surface area contributed by atoms with E-state index in [4.69, 9.17) is 21.6 Å². The van der Waals surface area contributed by atoms with Gasteiger partial charge in [0.1, 0.15) is 11.3 Å². The quantitative estimate of drug-likeness (QED) is 0.609. The molecule has 1 saturated carbocycles. The second-order valence-corrected chi connectivity index (χ2v) is 11.5. The fourth-order valence-corrected chi connectivity index (χ4v) is 5.81. The molecular formula is C23H25ClN4O5S. The van der Waals surface area contributed by atoms with Crippen molar-refractivity contribution in [3.63, 3.8) is 0 Å². The van der Waals surface area contributed by atoms with Crippen molar-refractivity contribution in [2.24, 2.45) is 0 Å². The monoisotopic (exact) mass is 504 g/mol. The maximum atomic E-state index is 13.1. The van der Waals surface area contributed by atoms with Gasteiger partial charge in [-0.15, -0.1) is 0 Å². The van der Waals surface area contributed by atoms with Crippen molar-refractivity contribution in [2.45, 2.75) is 37.3 Å². The first-order valence-corrected chi connectivity index (χ1v) is 12.9. The smallest absolute Gasteiger partial charge is 0.263 e. The average Bonchev–Trinajstić information content (AvgIpc) is 3.57. The second kappa shape index (κ2) is 9.88. The molecule has 1 aliphatic heterocycles. The lowest BCUT2D eigenvalue weighted by Gasteiger charge is -2.29. The molecule has 0 atom stereocenters. The fraction of sp³-hybridized carbons (Fsp3) is 0.435. The first kappa shape index (κ1) is 24.4. The molecule has 2 aromatic rings. The number of benzene rings is 1. The van der Waals surface area contributed by atoms with E-state index in [0.717, 1.165) is 5.56 Å². The summed E-state index contributed by atoms with van der Waals surface area (Å²) in [7, 11) is -3.52. The number of rotatable bonds is 7. The van der Waals surface area contributed by atoms with Gasteiger partial charge in [0, 0.05) is 36.9 Å². The van der Waals surface area contributed by atoms with Crippen molar-refractivity contribution in [2.75, 3.05) is 25.6 Å². The first-order valence-electron chi connectivity index (χ1n) is 10.9. The topological polar surface area (TPSA) is 121 Å². The highest BCUT2D eigenvalue weighted by Crippen LogP contribution is 2.44. The summed E-state index contributed by atoms with van der Waals surface area (Å²) < 4.78 is 31.3. The van der Waals surface area contributed by atoms with Crippen LogP contribution in [0.4, 0.5) is 0 Å². The summed E-state index contributed by atoms with van der Waals surface area (Å²) in [4.78, 5) is 27.6. The Morgan fingerprint density at radius 2 is 1.91 bits per heavy atom. The molecule has 11 heteroatoms. The van der Waals surface area contributed by atoms with Gasteiger partial charge in [-0.3, -0.25) is 14.5 Å². The van der Waals surface area contributed by atoms with Crippen LogP contribution in [0.5, 0.6) is 0 Å². The van der Waals surface area contributed by atoms with Crippen LogP contribution in [0.2, 0.25) is 5.02 Å². The fourth-order valence-electron chi connectivity index (χ4n) is 4.10. The molecule has 0 saturated heterocycles. The Hall–Kier alpha value is -2.71. The van der Waals surface area contributed by atoms with Crippen molar-refractivity contribution in [1.29, 1.82) is 5.26 Å². The Morgan fingerprint density at radius 1 is 1.18 bits per heavy atom. The highest BCUT2D eigenvalue weighted by Gasteiger charge is 2.54. The lowest BCUT2D eigenvalue weighted by atomic mass is 10.2. The Kier molecular flexibility index (Phi) is 7.09. The summed E-state index contributed by atoms with van der Waals surface area (Å²) in [6, 6.07) is 12.0. The molecule has 0 radical (unpaired) electrons. The predicted octanol–water partition coefficient (Wildman–Crippen LogP) is 1.69. The van der Waals surface area contributed by atoms with Gasteiger partial charge in [0.2, 0.25) is 0 Å². The van der Waals surface area contributed by atoms with Gasteiger partial charge in [-0.05, 0) is 42.7 Å². The summed E-state index contributed by atoms with van der Waals surface area (Å²) in [6.45, 7) is 1.57. The Bertz CT molecular complexity index is 1280. The number of pyridine rings is 1. The molecular weight excluding hydrogens is 480 g/mol. The van der Waals surface area contributed by atoms with Crippen molar-refractivity contribution in [3.05, 3.63) is 68.6 Å². The third kappa shape index (κ3) is 5.18. The van der Waals surface area contributed by atoms with E-state index in [1.54, 1.807) is 36.4 Å². The number of nitriles is 1. The number of amides is 1. The molecule has 1 aromatic heterocycles. The van der Waals surface area contributed by atoms with E-state index in [0.29, 0.717) is 36.6 Å². The number of carbonyl (C=O) groups is 1. The number of sulfone groups is 1. The third-order valence-corrected chi connectivity index (χ3v) is 8.89. The average molecular weight is 505 g/mol. The third-order valence-electron chi connectivity index (χ3n) is 6.27. The highest BCUT2D eigenvalue weighted by atomic mass is 35.5. The lowest BCUT2D eigenvalue weighted by Crippen LogP contribution is -2.44. The molecule has 2 heterocycles. The number of halogens is 1. The normalized spacial score (nSPS) is 17.6. The van der Waals surface area contributed by atoms with Crippen LogP contribution in [0.1, 0.15) is 34.5 Å². The van der Waals surface area contributed by atoms with Crippen LogP contribution in [0, 0.1) is 11.3 Å². The van der Waals surface area contributed by atoms with E-state index in [2.05, 4.69) is 5.32 Å². The van der Waals surface area contributed by atoms with Crippen LogP contribution in [0.15, 0.2) is 41.2 Å². The van der Waals surface area contributed by atoms with E-state index < -0.39 is 31.8 Å². The summed E-state index contributed by atoms with van der Waals surface area (Å²) in [5, 5.41) is 12.2. The van der Waals surface area contributed by atoms with Crippen LogP contribution < -0.4 is 10.9 Å². The molecule has 0 spiro atoms. The predicted molar refractivity (Wildman–Crippen MR) is 126 cm³/mol. The molecule has 0 unspecified atom stereocenters. The Morgan fingerprint density at radius 3 is 2.59 bits per heavy atom. The minimum Gasteiger partial charge on any atom is -0.360 e. The zero-order valence-electron chi connectivity index (χ0n) is 18.5. The summed E-state index contributed by atoms with van der Waals surface area (Å²) in [5.74, 6) is -0.979. The zero-order chi connectivity index (χ0) is 24.3. The molecule has 1 amide bonds. The maximum Gasteiger partial charge on any atom is 0.263 e. The standard InChI is InChI=1S/C23H25ClN4O5S/c24-18-3-1-17(2-4-18)13-26-21(29)20-6-5-19-14-33-16-27(10-11-28(19)22(20)30)15-23(7-8-23)34(31,32)12-9-25/h1-6H,7-8,10-16H2,(H,26,29). The molecule has 1 fully saturated rings. The van der Waals surface area contributed by atoms with E-state index in [1.807, 2.05) is 4.90 Å². The van der Waals surface area contributed by atoms with Gasteiger partial charge in [-0.1, -0.05) is 23.7 Å². The maximum absolute atomic E-state index is 13.1. The first-order chi connectivity index (χ1) is 16.2. The van der Waals surface area contributed by atoms with Gasteiger partial charge < -0.3 is 14.6 Å². The van der Waals surface area contributed by atoms with Gasteiger partial charge in [-0.2, -0.15) is 5.26 Å². The number of aromatic nitrogens is 1. The van der Waals surface area contributed by atoms with Crippen molar-refractivity contribution < 1.29 is 17.9 Å². The minimum absolute atomic E-state index is 0.0279. The van der Waals surface area contributed by atoms with Crippen LogP contribution in [0.3, 0.4) is 0 Å². The lowest BCUT2D eigenvalue weighted by molar-refractivity contribution is 0.00403. The van der Waals surface area contributed by atoms with E-state index >= 15 is 0 Å². The summed E-state index contributed by atoms with van der Waals surface area (Å²) >= 11 is 5.88. The number of nitrogens with zero attached hydrogens (tertiary/aromatic N) is 3. The van der Waals surface area contributed by atoms with Crippen LogP contribution in [0.25, 0.3) is 0 Å². The molecule has 1 aliphatic carbocycles. The van der Waals surface area contributed by atoms with Crippen LogP contribution >= 0.6 is 11.6 Å². The van der Waals surface area contributed by atoms with Gasteiger partial charge in [0.05, 0.1) is 24.2 Å². The van der Waals surface area contributed by atoms with Crippen molar-refractivity contribution in [3.8, 4) is 6.07 Å². The van der Waals surface area contributed by atoms with Gasteiger partial charge in [-0.25, -0.2) is 8.42 Å². The molecule has 2 aliphatic rings. The summed E-state index contributed by atoms with van der Waals surface area (Å²) in [6.07, 6.45) is 1.03. The Labute approximate surface area is 202 Å². The minimum atomic E-state index is -3.52. The van der Waals surface area contributed by atoms with E-state index in [1.165, 1.54) is 10.6 Å². The van der Waals surface area contributed by atoms with Crippen molar-refractivity contribution in [1.82, 2.24) is 14.8 Å². The number of fused-ring (bicyclic) bond motifs is 1. The van der Waals surface area contributed by atoms with Crippen LogP contribution in [-0.4, -0.2) is 54.1 Å². The molecule has 0 bridgehead atoms. The number of carbonyl (C=O) groups excluding carboxylic acids is 1. The number of nitrogens with one attached hydrogen (secondary N) is 1. The highest BCUT2D eigenvalue weighted by molar-refractivity contribution is 7.93. The number of hydrogen-bond donors (Lipinski definition) is 1. The van der Waals surface area contributed by atoms with E-state index in [9.17, 15) is 18.0 Å². The molecule has 180 valence electrons. The number of hydrogen-bond acceptors (Lipinski definition) is 7. The summed E-state index contributed by atoms with van der Waals surface area (Å²) in [5.41, 5.74) is 1.11. The molecule has 4 rings (SSSR count). The van der Waals surface area contributed by atoms with E-state index in [-0.39, 0.29) is 32.0 Å². The Balaban J connectivity index is 1.45.